The van der Waals surface area contributed by atoms with E-state index in [0.717, 1.165) is 0 Å². The Balaban J connectivity index is 1.40. The molecular formula is C18H19F3N2O5S. The standard InChI is InChI=1S/C18H19F3N2O5S/c19-18(20,21)15-4-9(8-1-2-11-12(3-8)27-7-26-11)22-17(23-15)29-14-5-10(24)16-25-6-13(14)28-16/h1-3,9-10,13-16,24H,4-7H2,(H,22,23)/t9-,10-,13-,14-,15+,16+/m0/s1. The van der Waals surface area contributed by atoms with E-state index >= 15 is 0 Å². The first kappa shape index (κ1) is 19.3. The lowest BCUT2D eigenvalue weighted by Crippen LogP contribution is -2.49. The third-order valence-corrected chi connectivity index (χ3v) is 6.65. The Hall–Kier alpha value is -1.69. The topological polar surface area (TPSA) is 81.5 Å². The van der Waals surface area contributed by atoms with Crippen LogP contribution in [0, 0.1) is 0 Å². The second-order valence-electron chi connectivity index (χ2n) is 7.37. The summed E-state index contributed by atoms with van der Waals surface area (Å²) in [5.41, 5.74) is 0.632. The SMILES string of the molecule is O[C@H]1C[C@H](SC2=N[C@H](c3ccc4c(c3)OCO4)C[C@H](C(F)(F)F)N2)[C@@H]2CO[C@@H]1O2. The number of nitrogens with zero attached hydrogens (tertiary/aromatic N) is 1. The maximum Gasteiger partial charge on any atom is 0.408 e. The Labute approximate surface area is 168 Å². The lowest BCUT2D eigenvalue weighted by atomic mass is 9.98. The van der Waals surface area contributed by atoms with E-state index in [-0.39, 0.29) is 29.7 Å². The summed E-state index contributed by atoms with van der Waals surface area (Å²) < 4.78 is 62.2. The van der Waals surface area contributed by atoms with Gasteiger partial charge in [-0.25, -0.2) is 0 Å². The zero-order valence-electron chi connectivity index (χ0n) is 15.1. The van der Waals surface area contributed by atoms with Gasteiger partial charge in [-0.3, -0.25) is 4.99 Å². The van der Waals surface area contributed by atoms with Crippen molar-refractivity contribution in [1.29, 1.82) is 0 Å². The molecule has 158 valence electrons. The highest BCUT2D eigenvalue weighted by Gasteiger charge is 2.47. The van der Waals surface area contributed by atoms with Gasteiger partial charge in [0.25, 0.3) is 0 Å². The van der Waals surface area contributed by atoms with E-state index in [1.807, 2.05) is 0 Å². The van der Waals surface area contributed by atoms with Gasteiger partial charge >= 0.3 is 6.18 Å². The van der Waals surface area contributed by atoms with Gasteiger partial charge in [0.1, 0.15) is 12.1 Å². The highest BCUT2D eigenvalue weighted by atomic mass is 32.2. The zero-order valence-corrected chi connectivity index (χ0v) is 15.9. The number of aliphatic imine (C=N–C) groups is 1. The Bertz CT molecular complexity index is 823. The summed E-state index contributed by atoms with van der Waals surface area (Å²) >= 11 is 1.17. The van der Waals surface area contributed by atoms with Crippen molar-refractivity contribution in [2.24, 2.45) is 4.99 Å². The number of hydrogen-bond donors (Lipinski definition) is 2. The normalized spacial score (nSPS) is 35.9. The quantitative estimate of drug-likeness (QED) is 0.743. The first-order valence-electron chi connectivity index (χ1n) is 9.29. The molecule has 2 saturated heterocycles. The van der Waals surface area contributed by atoms with Crippen LogP contribution in [0.2, 0.25) is 0 Å². The first-order chi connectivity index (χ1) is 13.9. The summed E-state index contributed by atoms with van der Waals surface area (Å²) in [4.78, 5) is 4.54. The number of benzene rings is 1. The van der Waals surface area contributed by atoms with Crippen LogP contribution in [0.4, 0.5) is 13.2 Å². The van der Waals surface area contributed by atoms with E-state index in [0.29, 0.717) is 30.1 Å². The minimum atomic E-state index is -4.42. The average molecular weight is 432 g/mol. The van der Waals surface area contributed by atoms with Gasteiger partial charge in [0.2, 0.25) is 6.79 Å². The molecule has 11 heteroatoms. The van der Waals surface area contributed by atoms with Crippen molar-refractivity contribution in [3.8, 4) is 11.5 Å². The summed E-state index contributed by atoms with van der Waals surface area (Å²) in [6.07, 6.45) is -6.01. The number of amidine groups is 1. The third-order valence-electron chi connectivity index (χ3n) is 5.41. The summed E-state index contributed by atoms with van der Waals surface area (Å²) in [6, 6.07) is 2.68. The van der Waals surface area contributed by atoms with Crippen molar-refractivity contribution in [3.05, 3.63) is 23.8 Å². The van der Waals surface area contributed by atoms with Crippen LogP contribution in [0.25, 0.3) is 0 Å². The number of nitrogens with one attached hydrogen (secondary N) is 1. The number of aliphatic hydroxyl groups is 1. The highest BCUT2D eigenvalue weighted by Crippen LogP contribution is 2.41. The molecule has 1 aromatic rings. The molecule has 4 aliphatic heterocycles. The molecule has 5 rings (SSSR count). The molecule has 0 amide bonds. The highest BCUT2D eigenvalue weighted by molar-refractivity contribution is 8.14. The first-order valence-corrected chi connectivity index (χ1v) is 10.2. The predicted molar refractivity (Wildman–Crippen MR) is 97.0 cm³/mol. The number of halogens is 3. The smallest absolute Gasteiger partial charge is 0.408 e. The number of hydrogen-bond acceptors (Lipinski definition) is 8. The summed E-state index contributed by atoms with van der Waals surface area (Å²) in [5.74, 6) is 1.07. The molecule has 0 saturated carbocycles. The van der Waals surface area contributed by atoms with Gasteiger partial charge in [0, 0.05) is 11.7 Å². The van der Waals surface area contributed by atoms with Crippen LogP contribution in [0.5, 0.6) is 11.5 Å². The second-order valence-corrected chi connectivity index (χ2v) is 8.60. The van der Waals surface area contributed by atoms with Gasteiger partial charge in [-0.2, -0.15) is 13.2 Å². The molecule has 2 fully saturated rings. The van der Waals surface area contributed by atoms with Gasteiger partial charge in [0.05, 0.1) is 18.8 Å². The largest absolute Gasteiger partial charge is 0.454 e. The monoisotopic (exact) mass is 432 g/mol. The number of rotatable bonds is 2. The molecular weight excluding hydrogens is 413 g/mol. The minimum absolute atomic E-state index is 0.0923. The van der Waals surface area contributed by atoms with Gasteiger partial charge in [-0.05, 0) is 24.1 Å². The summed E-state index contributed by atoms with van der Waals surface area (Å²) in [6.45, 7) is 0.399. The number of aliphatic hydroxyl groups excluding tert-OH is 1. The molecule has 1 aromatic carbocycles. The molecule has 2 bridgehead atoms. The van der Waals surface area contributed by atoms with Crippen LogP contribution in [0.15, 0.2) is 23.2 Å². The zero-order chi connectivity index (χ0) is 20.2. The Morgan fingerprint density at radius 2 is 2.00 bits per heavy atom. The Morgan fingerprint density at radius 3 is 2.83 bits per heavy atom. The molecule has 7 nitrogen and oxygen atoms in total. The second kappa shape index (κ2) is 7.22. The van der Waals surface area contributed by atoms with Crippen molar-refractivity contribution in [2.45, 2.75) is 54.8 Å². The van der Waals surface area contributed by atoms with E-state index in [1.165, 1.54) is 11.8 Å². The maximum atomic E-state index is 13.6. The molecule has 0 unspecified atom stereocenters. The fourth-order valence-electron chi connectivity index (χ4n) is 3.88. The van der Waals surface area contributed by atoms with Crippen molar-refractivity contribution < 1.29 is 37.2 Å². The van der Waals surface area contributed by atoms with Crippen LogP contribution in [0.1, 0.15) is 24.4 Å². The molecule has 29 heavy (non-hydrogen) atoms. The molecule has 0 radical (unpaired) electrons. The van der Waals surface area contributed by atoms with Crippen LogP contribution < -0.4 is 14.8 Å². The number of alkyl halides is 3. The van der Waals surface area contributed by atoms with E-state index < -0.39 is 30.7 Å². The third kappa shape index (κ3) is 3.76. The number of ether oxygens (including phenoxy) is 4. The van der Waals surface area contributed by atoms with Crippen molar-refractivity contribution in [3.63, 3.8) is 0 Å². The van der Waals surface area contributed by atoms with E-state index in [9.17, 15) is 18.3 Å². The van der Waals surface area contributed by atoms with E-state index in [4.69, 9.17) is 18.9 Å². The Morgan fingerprint density at radius 1 is 1.17 bits per heavy atom. The van der Waals surface area contributed by atoms with Crippen LogP contribution in [-0.4, -0.2) is 59.6 Å². The maximum absolute atomic E-state index is 13.6. The molecule has 0 aromatic heterocycles. The lowest BCUT2D eigenvalue weighted by molar-refractivity contribution is -0.155. The molecule has 6 atom stereocenters. The lowest BCUT2D eigenvalue weighted by Gasteiger charge is -2.34. The number of thioether (sulfide) groups is 1. The fraction of sp³-hybridized carbons (Fsp3) is 0.611. The van der Waals surface area contributed by atoms with Gasteiger partial charge in [-0.15, -0.1) is 0 Å². The van der Waals surface area contributed by atoms with Crippen molar-refractivity contribution >= 4 is 16.9 Å². The van der Waals surface area contributed by atoms with Gasteiger partial charge < -0.3 is 29.4 Å². The van der Waals surface area contributed by atoms with Crippen LogP contribution in [0.3, 0.4) is 0 Å². The average Bonchev–Trinajstić information content (AvgIpc) is 3.32. The molecule has 0 spiro atoms. The predicted octanol–water partition coefficient (Wildman–Crippen LogP) is 2.34. The minimum Gasteiger partial charge on any atom is -0.454 e. The Kier molecular flexibility index (Phi) is 4.80. The van der Waals surface area contributed by atoms with Gasteiger partial charge in [-0.1, -0.05) is 17.8 Å². The molecule has 4 aliphatic rings. The van der Waals surface area contributed by atoms with Gasteiger partial charge in [0.15, 0.2) is 23.0 Å². The van der Waals surface area contributed by atoms with Crippen LogP contribution >= 0.6 is 11.8 Å². The summed E-state index contributed by atoms with van der Waals surface area (Å²) in [5, 5.41) is 12.5. The fourth-order valence-corrected chi connectivity index (χ4v) is 5.15. The summed E-state index contributed by atoms with van der Waals surface area (Å²) in [7, 11) is 0. The van der Waals surface area contributed by atoms with Crippen molar-refractivity contribution in [1.82, 2.24) is 5.32 Å². The number of fused-ring (bicyclic) bond motifs is 3. The molecule has 4 heterocycles. The van der Waals surface area contributed by atoms with Crippen LogP contribution in [-0.2, 0) is 9.47 Å². The molecule has 0 aliphatic carbocycles. The molecule has 2 N–H and O–H groups in total. The van der Waals surface area contributed by atoms with E-state index in [1.54, 1.807) is 18.2 Å². The van der Waals surface area contributed by atoms with Crippen molar-refractivity contribution in [2.75, 3.05) is 13.4 Å². The van der Waals surface area contributed by atoms with E-state index in [2.05, 4.69) is 10.3 Å².